The normalized spacial score (nSPS) is 28.9. The zero-order valence-electron chi connectivity index (χ0n) is 14.3. The lowest BCUT2D eigenvalue weighted by molar-refractivity contribution is 0.283. The van der Waals surface area contributed by atoms with Crippen molar-refractivity contribution in [2.24, 2.45) is 0 Å². The van der Waals surface area contributed by atoms with E-state index >= 15 is 0 Å². The second kappa shape index (κ2) is 7.62. The van der Waals surface area contributed by atoms with Crippen molar-refractivity contribution in [2.75, 3.05) is 6.16 Å². The molecular formula is C19H37P. The third-order valence-electron chi connectivity index (χ3n) is 6.31. The highest BCUT2D eigenvalue weighted by molar-refractivity contribution is 7.61. The molecule has 3 rings (SSSR count). The lowest BCUT2D eigenvalue weighted by Gasteiger charge is -2.58. The van der Waals surface area contributed by atoms with E-state index in [9.17, 15) is 0 Å². The number of hydrogen-bond donors (Lipinski definition) is 0. The van der Waals surface area contributed by atoms with Gasteiger partial charge in [-0.15, -0.1) is 0 Å². The molecule has 1 aliphatic heterocycles. The molecule has 1 heteroatoms. The first-order valence-corrected chi connectivity index (χ1v) is 11.1. The summed E-state index contributed by atoms with van der Waals surface area (Å²) in [5.41, 5.74) is 0. The third kappa shape index (κ3) is 3.11. The second-order valence-corrected chi connectivity index (χ2v) is 10.6. The Balaban J connectivity index is 0.000000704. The van der Waals surface area contributed by atoms with Crippen molar-refractivity contribution in [3.05, 3.63) is 0 Å². The highest BCUT2D eigenvalue weighted by Crippen LogP contribution is 2.73. The van der Waals surface area contributed by atoms with Crippen LogP contribution in [0.5, 0.6) is 0 Å². The Hall–Kier alpha value is 0.430. The van der Waals surface area contributed by atoms with Crippen LogP contribution in [0.2, 0.25) is 0 Å². The van der Waals surface area contributed by atoms with Gasteiger partial charge in [0.05, 0.1) is 0 Å². The Morgan fingerprint density at radius 2 is 0.950 bits per heavy atom. The topological polar surface area (TPSA) is 0 Å². The maximum atomic E-state index is 2.53. The highest BCUT2D eigenvalue weighted by Gasteiger charge is 2.51. The largest absolute Gasteiger partial charge is 0.0942 e. The molecule has 0 N–H and O–H groups in total. The van der Waals surface area contributed by atoms with Crippen LogP contribution in [0.3, 0.4) is 0 Å². The summed E-state index contributed by atoms with van der Waals surface area (Å²) in [6.07, 6.45) is 22.0. The molecule has 20 heavy (non-hydrogen) atoms. The molecule has 0 amide bonds. The molecule has 0 bridgehead atoms. The summed E-state index contributed by atoms with van der Waals surface area (Å²) in [6, 6.07) is 0. The smallest absolute Gasteiger partial charge is 0.00895 e. The SMILES string of the molecule is CC.CCP1C2(CCCCC2)CCCC12CCCCC2. The summed E-state index contributed by atoms with van der Waals surface area (Å²) >= 11 is 0. The van der Waals surface area contributed by atoms with Crippen LogP contribution in [0, 0.1) is 0 Å². The molecular weight excluding hydrogens is 259 g/mol. The van der Waals surface area contributed by atoms with Crippen molar-refractivity contribution in [3.63, 3.8) is 0 Å². The molecule has 1 heterocycles. The fourth-order valence-electron chi connectivity index (χ4n) is 5.65. The monoisotopic (exact) mass is 296 g/mol. The van der Waals surface area contributed by atoms with Crippen LogP contribution in [0.25, 0.3) is 0 Å². The molecule has 0 aromatic heterocycles. The molecule has 0 atom stereocenters. The fourth-order valence-corrected chi connectivity index (χ4v) is 10.6. The van der Waals surface area contributed by atoms with Gasteiger partial charge in [-0.25, -0.2) is 0 Å². The van der Waals surface area contributed by atoms with Gasteiger partial charge in [0.15, 0.2) is 0 Å². The van der Waals surface area contributed by atoms with Crippen LogP contribution >= 0.6 is 7.92 Å². The Morgan fingerprint density at radius 3 is 1.30 bits per heavy atom. The zero-order chi connectivity index (χ0) is 14.5. The first kappa shape index (κ1) is 16.8. The van der Waals surface area contributed by atoms with E-state index in [1.807, 2.05) is 13.8 Å². The fraction of sp³-hybridized carbons (Fsp3) is 1.00. The Kier molecular flexibility index (Phi) is 6.40. The highest BCUT2D eigenvalue weighted by atomic mass is 31.1. The maximum absolute atomic E-state index is 2.53. The van der Waals surface area contributed by atoms with E-state index in [1.54, 1.807) is 70.6 Å². The molecule has 3 fully saturated rings. The van der Waals surface area contributed by atoms with Gasteiger partial charge in [-0.05, 0) is 55.0 Å². The van der Waals surface area contributed by atoms with Crippen molar-refractivity contribution >= 4 is 7.92 Å². The minimum atomic E-state index is 0.326. The number of hydrogen-bond acceptors (Lipinski definition) is 0. The van der Waals surface area contributed by atoms with E-state index in [4.69, 9.17) is 0 Å². The van der Waals surface area contributed by atoms with E-state index in [0.29, 0.717) is 7.92 Å². The molecule has 0 nitrogen and oxygen atoms in total. The van der Waals surface area contributed by atoms with Gasteiger partial charge in [0.1, 0.15) is 0 Å². The van der Waals surface area contributed by atoms with Gasteiger partial charge in [0, 0.05) is 0 Å². The summed E-state index contributed by atoms with van der Waals surface area (Å²) in [5.74, 6) is 0. The summed E-state index contributed by atoms with van der Waals surface area (Å²) in [4.78, 5) is 0. The number of rotatable bonds is 1. The first-order chi connectivity index (χ1) is 9.81. The van der Waals surface area contributed by atoms with Gasteiger partial charge < -0.3 is 0 Å². The van der Waals surface area contributed by atoms with Crippen molar-refractivity contribution in [1.82, 2.24) is 0 Å². The van der Waals surface area contributed by atoms with E-state index in [-0.39, 0.29) is 0 Å². The van der Waals surface area contributed by atoms with E-state index in [1.165, 1.54) is 19.0 Å². The standard InChI is InChI=1S/C17H31P.C2H6/c1-2-18-16(10-5-3-6-11-16)14-9-15-17(18)12-7-4-8-13-17;1-2/h2-15H2,1H3;1-2H3. The summed E-state index contributed by atoms with van der Waals surface area (Å²) in [7, 11) is 0.326. The zero-order valence-corrected chi connectivity index (χ0v) is 15.2. The van der Waals surface area contributed by atoms with Crippen LogP contribution in [0.1, 0.15) is 104 Å². The van der Waals surface area contributed by atoms with Gasteiger partial charge in [-0.1, -0.05) is 73.6 Å². The average molecular weight is 296 g/mol. The minimum absolute atomic E-state index is 0.326. The Labute approximate surface area is 129 Å². The predicted molar refractivity (Wildman–Crippen MR) is 94.3 cm³/mol. The predicted octanol–water partition coefficient (Wildman–Crippen LogP) is 7.10. The molecule has 1 saturated heterocycles. The van der Waals surface area contributed by atoms with Crippen molar-refractivity contribution in [1.29, 1.82) is 0 Å². The molecule has 118 valence electrons. The summed E-state index contributed by atoms with van der Waals surface area (Å²) < 4.78 is 0. The maximum Gasteiger partial charge on any atom is -0.00895 e. The Morgan fingerprint density at radius 1 is 0.600 bits per heavy atom. The van der Waals surface area contributed by atoms with E-state index < -0.39 is 0 Å². The van der Waals surface area contributed by atoms with Gasteiger partial charge in [0.2, 0.25) is 0 Å². The molecule has 2 saturated carbocycles. The molecule has 2 spiro atoms. The van der Waals surface area contributed by atoms with Gasteiger partial charge in [0.25, 0.3) is 0 Å². The third-order valence-corrected chi connectivity index (χ3v) is 10.6. The molecule has 3 aliphatic rings. The van der Waals surface area contributed by atoms with Gasteiger partial charge in [-0.3, -0.25) is 0 Å². The quantitative estimate of drug-likeness (QED) is 0.452. The van der Waals surface area contributed by atoms with Gasteiger partial charge in [-0.2, -0.15) is 0 Å². The van der Waals surface area contributed by atoms with Crippen molar-refractivity contribution < 1.29 is 0 Å². The van der Waals surface area contributed by atoms with Crippen LogP contribution in [0.4, 0.5) is 0 Å². The molecule has 2 aliphatic carbocycles. The van der Waals surface area contributed by atoms with Crippen LogP contribution in [-0.4, -0.2) is 16.5 Å². The molecule has 0 aromatic carbocycles. The lowest BCUT2D eigenvalue weighted by atomic mass is 9.79. The average Bonchev–Trinajstić information content (AvgIpc) is 2.51. The van der Waals surface area contributed by atoms with Crippen molar-refractivity contribution in [3.8, 4) is 0 Å². The van der Waals surface area contributed by atoms with Crippen LogP contribution in [-0.2, 0) is 0 Å². The van der Waals surface area contributed by atoms with Crippen LogP contribution < -0.4 is 0 Å². The van der Waals surface area contributed by atoms with Crippen LogP contribution in [0.15, 0.2) is 0 Å². The molecule has 0 unspecified atom stereocenters. The van der Waals surface area contributed by atoms with E-state index in [0.717, 1.165) is 10.3 Å². The molecule has 0 radical (unpaired) electrons. The minimum Gasteiger partial charge on any atom is -0.0942 e. The summed E-state index contributed by atoms with van der Waals surface area (Å²) in [5, 5.41) is 1.72. The first-order valence-electron chi connectivity index (χ1n) is 9.59. The lowest BCUT2D eigenvalue weighted by Crippen LogP contribution is -2.45. The van der Waals surface area contributed by atoms with E-state index in [2.05, 4.69) is 6.92 Å². The Bertz CT molecular complexity index is 234. The van der Waals surface area contributed by atoms with Crippen molar-refractivity contribution in [2.45, 2.75) is 115 Å². The second-order valence-electron chi connectivity index (χ2n) is 7.17. The van der Waals surface area contributed by atoms with Gasteiger partial charge >= 0.3 is 0 Å². The summed E-state index contributed by atoms with van der Waals surface area (Å²) in [6.45, 7) is 6.53. The molecule has 0 aromatic rings.